The number of phenols is 1. The quantitative estimate of drug-likeness (QED) is 0.721. The molecule has 1 fully saturated rings. The van der Waals surface area contributed by atoms with Crippen LogP contribution in [0.3, 0.4) is 0 Å². The third kappa shape index (κ3) is 1.47. The Morgan fingerprint density at radius 2 is 2.31 bits per heavy atom. The van der Waals surface area contributed by atoms with E-state index >= 15 is 0 Å². The van der Waals surface area contributed by atoms with Crippen molar-refractivity contribution >= 4 is 0 Å². The summed E-state index contributed by atoms with van der Waals surface area (Å²) in [5, 5.41) is 12.5. The maximum atomic E-state index is 9.24. The molecule has 1 aromatic carbocycles. The molecule has 1 heterocycles. The zero-order valence-electron chi connectivity index (χ0n) is 7.58. The lowest BCUT2D eigenvalue weighted by Crippen LogP contribution is -2.35. The Bertz CT molecular complexity index is 308. The molecule has 2 N–H and O–H groups in total. The van der Waals surface area contributed by atoms with Crippen LogP contribution in [0.2, 0.25) is 0 Å². The molecule has 70 valence electrons. The number of hydrogen-bond donors (Lipinski definition) is 2. The minimum absolute atomic E-state index is 0.250. The summed E-state index contributed by atoms with van der Waals surface area (Å²) in [5.41, 5.74) is 1.13. The van der Waals surface area contributed by atoms with Crippen molar-refractivity contribution in [3.05, 3.63) is 23.8 Å². The number of ether oxygens (including phenoxy) is 1. The van der Waals surface area contributed by atoms with Gasteiger partial charge in [-0.3, -0.25) is 0 Å². The molecule has 1 aliphatic rings. The summed E-state index contributed by atoms with van der Waals surface area (Å²) in [6, 6.07) is 5.65. The highest BCUT2D eigenvalue weighted by atomic mass is 16.5. The van der Waals surface area contributed by atoms with Gasteiger partial charge in [0.25, 0.3) is 0 Å². The molecule has 0 spiro atoms. The van der Waals surface area contributed by atoms with Crippen molar-refractivity contribution in [2.24, 2.45) is 0 Å². The summed E-state index contributed by atoms with van der Waals surface area (Å²) in [6.45, 7) is 1.06. The smallest absolute Gasteiger partial charge is 0.127 e. The molecule has 0 bridgehead atoms. The standard InChI is InChI=1S/C10H13NO2/c1-13-10-6-7(12)2-3-8(10)9-4-5-11-9/h2-3,6,9,11-12H,4-5H2,1H3/t9-/m0/s1. The Morgan fingerprint density at radius 3 is 2.85 bits per heavy atom. The lowest BCUT2D eigenvalue weighted by Gasteiger charge is -2.29. The number of rotatable bonds is 2. The summed E-state index contributed by atoms with van der Waals surface area (Å²) in [6.07, 6.45) is 1.14. The SMILES string of the molecule is COc1cc(O)ccc1[C@@H]1CCN1. The zero-order chi connectivity index (χ0) is 9.26. The molecule has 0 aliphatic carbocycles. The zero-order valence-corrected chi connectivity index (χ0v) is 7.58. The van der Waals surface area contributed by atoms with Crippen LogP contribution < -0.4 is 10.1 Å². The summed E-state index contributed by atoms with van der Waals surface area (Å²) in [5.74, 6) is 1.01. The van der Waals surface area contributed by atoms with E-state index in [0.717, 1.165) is 24.3 Å². The lowest BCUT2D eigenvalue weighted by molar-refractivity contribution is 0.351. The van der Waals surface area contributed by atoms with E-state index in [1.807, 2.05) is 6.07 Å². The van der Waals surface area contributed by atoms with Gasteiger partial charge in [-0.25, -0.2) is 0 Å². The van der Waals surface area contributed by atoms with Gasteiger partial charge in [0.15, 0.2) is 0 Å². The predicted octanol–water partition coefficient (Wildman–Crippen LogP) is 1.44. The summed E-state index contributed by atoms with van der Waals surface area (Å²) >= 11 is 0. The van der Waals surface area contributed by atoms with E-state index in [9.17, 15) is 5.11 Å². The summed E-state index contributed by atoms with van der Waals surface area (Å²) < 4.78 is 5.18. The molecular weight excluding hydrogens is 166 g/mol. The van der Waals surface area contributed by atoms with Gasteiger partial charge in [-0.1, -0.05) is 6.07 Å². The van der Waals surface area contributed by atoms with Crippen molar-refractivity contribution < 1.29 is 9.84 Å². The molecule has 0 saturated carbocycles. The van der Waals surface area contributed by atoms with E-state index in [-0.39, 0.29) is 5.75 Å². The number of hydrogen-bond acceptors (Lipinski definition) is 3. The maximum Gasteiger partial charge on any atom is 0.127 e. The van der Waals surface area contributed by atoms with Crippen LogP contribution in [-0.2, 0) is 0 Å². The average Bonchev–Trinajstić information content (AvgIpc) is 2.05. The van der Waals surface area contributed by atoms with Crippen LogP contribution in [-0.4, -0.2) is 18.8 Å². The van der Waals surface area contributed by atoms with Crippen molar-refractivity contribution in [1.29, 1.82) is 0 Å². The van der Waals surface area contributed by atoms with E-state index in [1.54, 1.807) is 19.2 Å². The van der Waals surface area contributed by atoms with Gasteiger partial charge in [0, 0.05) is 17.7 Å². The number of phenolic OH excluding ortho intramolecular Hbond substituents is 1. The predicted molar refractivity (Wildman–Crippen MR) is 50.0 cm³/mol. The van der Waals surface area contributed by atoms with Crippen LogP contribution in [0.1, 0.15) is 18.0 Å². The number of aromatic hydroxyl groups is 1. The van der Waals surface area contributed by atoms with Gasteiger partial charge in [-0.05, 0) is 19.0 Å². The summed E-state index contributed by atoms with van der Waals surface area (Å²) in [7, 11) is 1.62. The first-order valence-electron chi connectivity index (χ1n) is 4.41. The highest BCUT2D eigenvalue weighted by Gasteiger charge is 2.21. The first-order chi connectivity index (χ1) is 6.31. The molecule has 0 amide bonds. The fourth-order valence-corrected chi connectivity index (χ4v) is 1.54. The van der Waals surface area contributed by atoms with E-state index < -0.39 is 0 Å². The largest absolute Gasteiger partial charge is 0.508 e. The third-order valence-electron chi connectivity index (χ3n) is 2.42. The average molecular weight is 179 g/mol. The molecule has 0 radical (unpaired) electrons. The molecule has 0 unspecified atom stereocenters. The van der Waals surface area contributed by atoms with Crippen LogP contribution in [0.25, 0.3) is 0 Å². The van der Waals surface area contributed by atoms with Crippen molar-refractivity contribution in [3.63, 3.8) is 0 Å². The van der Waals surface area contributed by atoms with Gasteiger partial charge < -0.3 is 15.2 Å². The molecule has 3 nitrogen and oxygen atoms in total. The second-order valence-corrected chi connectivity index (χ2v) is 3.22. The Hall–Kier alpha value is -1.22. The molecule has 1 aliphatic heterocycles. The summed E-state index contributed by atoms with van der Waals surface area (Å²) in [4.78, 5) is 0. The molecule has 13 heavy (non-hydrogen) atoms. The van der Waals surface area contributed by atoms with Crippen molar-refractivity contribution in [3.8, 4) is 11.5 Å². The van der Waals surface area contributed by atoms with Gasteiger partial charge in [0.2, 0.25) is 0 Å². The molecule has 3 heteroatoms. The Labute approximate surface area is 77.3 Å². The van der Waals surface area contributed by atoms with Crippen LogP contribution in [0.15, 0.2) is 18.2 Å². The highest BCUT2D eigenvalue weighted by Crippen LogP contribution is 2.33. The van der Waals surface area contributed by atoms with Crippen LogP contribution in [0.5, 0.6) is 11.5 Å². The normalized spacial score (nSPS) is 20.8. The topological polar surface area (TPSA) is 41.5 Å². The van der Waals surface area contributed by atoms with Crippen molar-refractivity contribution in [1.82, 2.24) is 5.32 Å². The van der Waals surface area contributed by atoms with Gasteiger partial charge in [-0.15, -0.1) is 0 Å². The van der Waals surface area contributed by atoms with Crippen LogP contribution in [0.4, 0.5) is 0 Å². The lowest BCUT2D eigenvalue weighted by atomic mass is 9.97. The molecule has 1 atom stereocenters. The minimum atomic E-state index is 0.250. The Kier molecular flexibility index (Phi) is 2.10. The highest BCUT2D eigenvalue weighted by molar-refractivity contribution is 5.42. The first-order valence-corrected chi connectivity index (χ1v) is 4.41. The van der Waals surface area contributed by atoms with Crippen molar-refractivity contribution in [2.75, 3.05) is 13.7 Å². The fraction of sp³-hybridized carbons (Fsp3) is 0.400. The van der Waals surface area contributed by atoms with E-state index in [1.165, 1.54) is 0 Å². The van der Waals surface area contributed by atoms with Gasteiger partial charge in [0.1, 0.15) is 11.5 Å². The first kappa shape index (κ1) is 8.38. The molecule has 2 rings (SSSR count). The monoisotopic (exact) mass is 179 g/mol. The van der Waals surface area contributed by atoms with E-state index in [2.05, 4.69) is 5.32 Å². The third-order valence-corrected chi connectivity index (χ3v) is 2.42. The van der Waals surface area contributed by atoms with Gasteiger partial charge in [-0.2, -0.15) is 0 Å². The Balaban J connectivity index is 2.32. The number of methoxy groups -OCH3 is 1. The Morgan fingerprint density at radius 1 is 1.54 bits per heavy atom. The molecule has 1 saturated heterocycles. The van der Waals surface area contributed by atoms with E-state index in [0.29, 0.717) is 6.04 Å². The maximum absolute atomic E-state index is 9.24. The van der Waals surface area contributed by atoms with Gasteiger partial charge in [0.05, 0.1) is 7.11 Å². The van der Waals surface area contributed by atoms with Crippen molar-refractivity contribution in [2.45, 2.75) is 12.5 Å². The van der Waals surface area contributed by atoms with Crippen LogP contribution in [0, 0.1) is 0 Å². The minimum Gasteiger partial charge on any atom is -0.508 e. The van der Waals surface area contributed by atoms with Crippen LogP contribution >= 0.6 is 0 Å². The fourth-order valence-electron chi connectivity index (χ4n) is 1.54. The number of benzene rings is 1. The van der Waals surface area contributed by atoms with E-state index in [4.69, 9.17) is 4.74 Å². The molecular formula is C10H13NO2. The molecule has 0 aromatic heterocycles. The molecule has 1 aromatic rings. The van der Waals surface area contributed by atoms with Gasteiger partial charge >= 0.3 is 0 Å². The number of nitrogens with one attached hydrogen (secondary N) is 1. The second kappa shape index (κ2) is 3.26. The second-order valence-electron chi connectivity index (χ2n) is 3.22.